The zero-order chi connectivity index (χ0) is 17.9. The Balaban J connectivity index is 1.88. The number of fused-ring (bicyclic) bond motifs is 1. The van der Waals surface area contributed by atoms with Gasteiger partial charge in [-0.1, -0.05) is 48.2 Å². The van der Waals surface area contributed by atoms with E-state index in [9.17, 15) is 0 Å². The van der Waals surface area contributed by atoms with Gasteiger partial charge in [0.1, 0.15) is 0 Å². The molecule has 6 heteroatoms. The number of nitrogens with zero attached hydrogens (tertiary/aromatic N) is 3. The van der Waals surface area contributed by atoms with Crippen molar-refractivity contribution in [1.29, 1.82) is 0 Å². The molecule has 2 heterocycles. The van der Waals surface area contributed by atoms with Crippen LogP contribution in [0.15, 0.2) is 59.9 Å². The number of H-pyrrole nitrogens is 1. The molecular formula is C20H20N4OS. The second kappa shape index (κ2) is 7.35. The normalized spacial score (nSPS) is 11.3. The summed E-state index contributed by atoms with van der Waals surface area (Å²) in [7, 11) is 0. The number of thioether (sulfide) groups is 1. The molecule has 2 aromatic heterocycles. The first-order chi connectivity index (χ1) is 12.8. The number of aromatic amines is 1. The summed E-state index contributed by atoms with van der Waals surface area (Å²) in [6.07, 6.45) is 2.72. The van der Waals surface area contributed by atoms with E-state index in [2.05, 4.69) is 50.9 Å². The molecule has 0 aliphatic rings. The molecule has 0 fully saturated rings. The highest BCUT2D eigenvalue weighted by Crippen LogP contribution is 2.33. The Kier molecular flexibility index (Phi) is 4.77. The van der Waals surface area contributed by atoms with E-state index in [1.54, 1.807) is 11.8 Å². The van der Waals surface area contributed by atoms with Gasteiger partial charge in [-0.15, -0.1) is 10.2 Å². The molecule has 0 aliphatic heterocycles. The highest BCUT2D eigenvalue weighted by atomic mass is 32.2. The molecule has 0 radical (unpaired) electrons. The van der Waals surface area contributed by atoms with E-state index in [-0.39, 0.29) is 6.61 Å². The lowest BCUT2D eigenvalue weighted by Gasteiger charge is -2.12. The quantitative estimate of drug-likeness (QED) is 0.397. The number of para-hydroxylation sites is 2. The molecule has 0 saturated heterocycles. The average molecular weight is 364 g/mol. The number of hydrogen-bond acceptors (Lipinski definition) is 4. The van der Waals surface area contributed by atoms with Crippen LogP contribution in [0.25, 0.3) is 28.0 Å². The van der Waals surface area contributed by atoms with E-state index < -0.39 is 0 Å². The fourth-order valence-corrected chi connectivity index (χ4v) is 3.92. The number of aromatic nitrogens is 4. The average Bonchev–Trinajstić information content (AvgIpc) is 3.26. The summed E-state index contributed by atoms with van der Waals surface area (Å²) >= 11 is 1.62. The Morgan fingerprint density at radius 1 is 1.08 bits per heavy atom. The molecule has 0 amide bonds. The molecule has 132 valence electrons. The lowest BCUT2D eigenvalue weighted by atomic mass is 10.1. The number of rotatable bonds is 6. The highest BCUT2D eigenvalue weighted by Gasteiger charge is 2.19. The van der Waals surface area contributed by atoms with Crippen LogP contribution in [-0.4, -0.2) is 37.2 Å². The Morgan fingerprint density at radius 3 is 2.73 bits per heavy atom. The van der Waals surface area contributed by atoms with Gasteiger partial charge in [0.25, 0.3) is 0 Å². The third-order valence-electron chi connectivity index (χ3n) is 4.35. The van der Waals surface area contributed by atoms with Crippen LogP contribution in [0.5, 0.6) is 0 Å². The van der Waals surface area contributed by atoms with E-state index >= 15 is 0 Å². The van der Waals surface area contributed by atoms with E-state index in [1.165, 1.54) is 0 Å². The van der Waals surface area contributed by atoms with Gasteiger partial charge in [-0.2, -0.15) is 0 Å². The Bertz CT molecular complexity index is 1040. The first-order valence-corrected chi connectivity index (χ1v) is 9.59. The van der Waals surface area contributed by atoms with Gasteiger partial charge in [0, 0.05) is 35.0 Å². The minimum absolute atomic E-state index is 0.181. The van der Waals surface area contributed by atoms with Crippen LogP contribution < -0.4 is 0 Å². The molecule has 0 saturated carbocycles. The fourth-order valence-electron chi connectivity index (χ4n) is 3.05. The SMILES string of the molecule is Cc1ccccc1-n1c(SCCCO)nnc1-c1c[nH]c2ccccc12. The summed E-state index contributed by atoms with van der Waals surface area (Å²) in [5, 5.41) is 20.0. The topological polar surface area (TPSA) is 66.7 Å². The maximum Gasteiger partial charge on any atom is 0.196 e. The maximum atomic E-state index is 9.09. The van der Waals surface area contributed by atoms with Gasteiger partial charge < -0.3 is 10.1 Å². The van der Waals surface area contributed by atoms with Crippen LogP contribution in [0.3, 0.4) is 0 Å². The van der Waals surface area contributed by atoms with E-state index in [0.717, 1.165) is 50.9 Å². The number of aliphatic hydroxyl groups is 1. The molecule has 2 N–H and O–H groups in total. The smallest absolute Gasteiger partial charge is 0.196 e. The third-order valence-corrected chi connectivity index (χ3v) is 5.37. The summed E-state index contributed by atoms with van der Waals surface area (Å²) in [5.74, 6) is 1.62. The summed E-state index contributed by atoms with van der Waals surface area (Å²) in [6, 6.07) is 16.5. The summed E-state index contributed by atoms with van der Waals surface area (Å²) in [4.78, 5) is 3.32. The van der Waals surface area contributed by atoms with Crippen molar-refractivity contribution in [3.05, 3.63) is 60.3 Å². The Labute approximate surface area is 156 Å². The number of hydrogen-bond donors (Lipinski definition) is 2. The standard InChI is InChI=1S/C20H20N4OS/c1-14-7-2-5-10-18(14)24-19(22-23-20(24)26-12-6-11-25)16-13-21-17-9-4-3-8-15(16)17/h2-5,7-10,13,21,25H,6,11-12H2,1H3. The first kappa shape index (κ1) is 16.9. The van der Waals surface area contributed by atoms with Crippen molar-refractivity contribution >= 4 is 22.7 Å². The molecule has 4 aromatic rings. The zero-order valence-electron chi connectivity index (χ0n) is 14.5. The molecule has 0 aliphatic carbocycles. The Hall–Kier alpha value is -2.57. The Morgan fingerprint density at radius 2 is 1.88 bits per heavy atom. The molecule has 2 aromatic carbocycles. The fraction of sp³-hybridized carbons (Fsp3) is 0.200. The van der Waals surface area contributed by atoms with Gasteiger partial charge in [0.15, 0.2) is 11.0 Å². The second-order valence-corrected chi connectivity index (χ2v) is 7.16. The largest absolute Gasteiger partial charge is 0.396 e. The van der Waals surface area contributed by atoms with Crippen LogP contribution in [0.1, 0.15) is 12.0 Å². The first-order valence-electron chi connectivity index (χ1n) is 8.61. The van der Waals surface area contributed by atoms with Crippen molar-refractivity contribution in [2.75, 3.05) is 12.4 Å². The van der Waals surface area contributed by atoms with Gasteiger partial charge >= 0.3 is 0 Å². The van der Waals surface area contributed by atoms with Gasteiger partial charge in [-0.25, -0.2) is 0 Å². The third kappa shape index (κ3) is 3.02. The number of nitrogens with one attached hydrogen (secondary N) is 1. The highest BCUT2D eigenvalue weighted by molar-refractivity contribution is 7.99. The summed E-state index contributed by atoms with van der Waals surface area (Å²) in [5.41, 5.74) is 4.35. The maximum absolute atomic E-state index is 9.09. The van der Waals surface area contributed by atoms with Crippen molar-refractivity contribution in [3.8, 4) is 17.1 Å². The predicted molar refractivity (Wildman–Crippen MR) is 106 cm³/mol. The molecule has 5 nitrogen and oxygen atoms in total. The van der Waals surface area contributed by atoms with Crippen LogP contribution in [0, 0.1) is 6.92 Å². The molecule has 0 unspecified atom stereocenters. The van der Waals surface area contributed by atoms with Crippen molar-refractivity contribution in [3.63, 3.8) is 0 Å². The van der Waals surface area contributed by atoms with E-state index in [0.29, 0.717) is 0 Å². The number of aliphatic hydroxyl groups excluding tert-OH is 1. The monoisotopic (exact) mass is 364 g/mol. The lowest BCUT2D eigenvalue weighted by molar-refractivity contribution is 0.296. The van der Waals surface area contributed by atoms with Crippen molar-refractivity contribution < 1.29 is 5.11 Å². The molecule has 0 atom stereocenters. The molecule has 0 bridgehead atoms. The number of aryl methyl sites for hydroxylation is 1. The molecule has 0 spiro atoms. The van der Waals surface area contributed by atoms with Gasteiger partial charge in [0.05, 0.1) is 5.69 Å². The number of benzene rings is 2. The lowest BCUT2D eigenvalue weighted by Crippen LogP contribution is -2.02. The minimum Gasteiger partial charge on any atom is -0.396 e. The van der Waals surface area contributed by atoms with Crippen LogP contribution in [0.2, 0.25) is 0 Å². The van der Waals surface area contributed by atoms with Crippen molar-refractivity contribution in [2.24, 2.45) is 0 Å². The van der Waals surface area contributed by atoms with Crippen LogP contribution in [-0.2, 0) is 0 Å². The summed E-state index contributed by atoms with van der Waals surface area (Å²) < 4.78 is 2.12. The van der Waals surface area contributed by atoms with Crippen LogP contribution >= 0.6 is 11.8 Å². The minimum atomic E-state index is 0.181. The van der Waals surface area contributed by atoms with E-state index in [1.807, 2.05) is 30.5 Å². The second-order valence-electron chi connectivity index (χ2n) is 6.10. The molecule has 26 heavy (non-hydrogen) atoms. The van der Waals surface area contributed by atoms with Crippen LogP contribution in [0.4, 0.5) is 0 Å². The summed E-state index contributed by atoms with van der Waals surface area (Å²) in [6.45, 7) is 2.28. The zero-order valence-corrected chi connectivity index (χ0v) is 15.3. The molecule has 4 rings (SSSR count). The van der Waals surface area contributed by atoms with Crippen molar-refractivity contribution in [1.82, 2.24) is 19.7 Å². The van der Waals surface area contributed by atoms with Crippen molar-refractivity contribution in [2.45, 2.75) is 18.5 Å². The molecular weight excluding hydrogens is 344 g/mol. The van der Waals surface area contributed by atoms with E-state index in [4.69, 9.17) is 5.11 Å². The van der Waals surface area contributed by atoms with Gasteiger partial charge in [-0.3, -0.25) is 4.57 Å². The van der Waals surface area contributed by atoms with Gasteiger partial charge in [0.2, 0.25) is 0 Å². The predicted octanol–water partition coefficient (Wildman–Crippen LogP) is 4.20. The van der Waals surface area contributed by atoms with Gasteiger partial charge in [-0.05, 0) is 31.0 Å².